The molecule has 1 heterocycles. The quantitative estimate of drug-likeness (QED) is 0.769. The maximum absolute atomic E-state index is 5.85. The van der Waals surface area contributed by atoms with Gasteiger partial charge in [0, 0.05) is 6.20 Å². The Morgan fingerprint density at radius 3 is 2.53 bits per heavy atom. The molecule has 0 spiro atoms. The van der Waals surface area contributed by atoms with Gasteiger partial charge in [-0.2, -0.15) is 0 Å². The first kappa shape index (κ1) is 11.9. The van der Waals surface area contributed by atoms with E-state index in [0.717, 1.165) is 11.1 Å². The molecule has 1 aromatic heterocycles. The lowest BCUT2D eigenvalue weighted by molar-refractivity contribution is 0.308. The number of hydrogen-bond donors (Lipinski definition) is 0. The number of rotatable bonds is 4. The smallest absolute Gasteiger partial charge is 0.136 e. The van der Waals surface area contributed by atoms with Crippen LogP contribution in [0.3, 0.4) is 0 Å². The standard InChI is InChI=1S/C14H16NOSi/c1-17(2)14-13(9-6-10-15-14)16-11-12-7-4-3-5-8-12/h3-10H,11H2,1-2H3. The van der Waals surface area contributed by atoms with Gasteiger partial charge in [-0.1, -0.05) is 43.4 Å². The minimum absolute atomic E-state index is 0.581. The molecular formula is C14H16NOSi. The molecule has 1 aromatic carbocycles. The lowest BCUT2D eigenvalue weighted by Gasteiger charge is -2.11. The summed E-state index contributed by atoms with van der Waals surface area (Å²) in [4.78, 5) is 4.41. The Hall–Kier alpha value is -1.61. The molecule has 0 aliphatic carbocycles. The fourth-order valence-electron chi connectivity index (χ4n) is 1.62. The number of benzene rings is 1. The second-order valence-electron chi connectivity index (χ2n) is 4.12. The molecule has 0 saturated carbocycles. The van der Waals surface area contributed by atoms with Crippen molar-refractivity contribution < 1.29 is 4.74 Å². The molecule has 0 bridgehead atoms. The molecule has 0 aliphatic heterocycles. The molecule has 0 unspecified atom stereocenters. The van der Waals surface area contributed by atoms with Gasteiger partial charge in [0.2, 0.25) is 0 Å². The third-order valence-electron chi connectivity index (χ3n) is 2.48. The van der Waals surface area contributed by atoms with Crippen LogP contribution < -0.4 is 10.1 Å². The summed E-state index contributed by atoms with van der Waals surface area (Å²) in [5, 5.41) is 1.12. The van der Waals surface area contributed by atoms with Gasteiger partial charge in [-0.25, -0.2) is 0 Å². The van der Waals surface area contributed by atoms with Crippen LogP contribution in [-0.4, -0.2) is 13.8 Å². The number of ether oxygens (including phenoxy) is 1. The summed E-state index contributed by atoms with van der Waals surface area (Å²) < 4.78 is 5.85. The lowest BCUT2D eigenvalue weighted by Crippen LogP contribution is -2.27. The van der Waals surface area contributed by atoms with E-state index in [4.69, 9.17) is 4.74 Å². The molecule has 0 N–H and O–H groups in total. The van der Waals surface area contributed by atoms with Gasteiger partial charge in [-0.15, -0.1) is 0 Å². The van der Waals surface area contributed by atoms with E-state index in [-0.39, 0.29) is 0 Å². The van der Waals surface area contributed by atoms with Gasteiger partial charge in [0.25, 0.3) is 0 Å². The minimum Gasteiger partial charge on any atom is -0.487 e. The van der Waals surface area contributed by atoms with Gasteiger partial charge in [-0.3, -0.25) is 4.98 Å². The van der Waals surface area contributed by atoms with Crippen molar-refractivity contribution in [2.75, 3.05) is 0 Å². The van der Waals surface area contributed by atoms with Crippen molar-refractivity contribution in [3.05, 3.63) is 54.2 Å². The summed E-state index contributed by atoms with van der Waals surface area (Å²) in [5.74, 6) is 0.926. The maximum Gasteiger partial charge on any atom is 0.136 e. The lowest BCUT2D eigenvalue weighted by atomic mass is 10.2. The van der Waals surface area contributed by atoms with Crippen LogP contribution in [0.15, 0.2) is 48.7 Å². The zero-order valence-electron chi connectivity index (χ0n) is 10.2. The Morgan fingerprint density at radius 2 is 1.82 bits per heavy atom. The first-order valence-electron chi connectivity index (χ1n) is 5.69. The third-order valence-corrected chi connectivity index (χ3v) is 3.80. The molecule has 0 saturated heterocycles. The second kappa shape index (κ2) is 5.64. The zero-order chi connectivity index (χ0) is 12.1. The summed E-state index contributed by atoms with van der Waals surface area (Å²) in [6.07, 6.45) is 1.84. The van der Waals surface area contributed by atoms with Crippen LogP contribution in [-0.2, 0) is 6.61 Å². The van der Waals surface area contributed by atoms with Crippen LogP contribution in [0.25, 0.3) is 0 Å². The molecule has 87 valence electrons. The number of hydrogen-bond acceptors (Lipinski definition) is 2. The molecule has 1 radical (unpaired) electrons. The molecule has 0 aliphatic rings. The van der Waals surface area contributed by atoms with E-state index >= 15 is 0 Å². The molecule has 2 aromatic rings. The van der Waals surface area contributed by atoms with Crippen LogP contribution in [0.5, 0.6) is 5.75 Å². The van der Waals surface area contributed by atoms with Crippen molar-refractivity contribution >= 4 is 14.1 Å². The predicted molar refractivity (Wildman–Crippen MR) is 72.1 cm³/mol. The fraction of sp³-hybridized carbons (Fsp3) is 0.214. The van der Waals surface area contributed by atoms with Crippen molar-refractivity contribution in [2.24, 2.45) is 0 Å². The van der Waals surface area contributed by atoms with E-state index in [1.165, 1.54) is 5.56 Å². The minimum atomic E-state index is -0.581. The highest BCUT2D eigenvalue weighted by Crippen LogP contribution is 2.09. The number of nitrogens with zero attached hydrogens (tertiary/aromatic N) is 1. The first-order chi connectivity index (χ1) is 8.27. The highest BCUT2D eigenvalue weighted by Gasteiger charge is 2.09. The van der Waals surface area contributed by atoms with E-state index < -0.39 is 8.80 Å². The normalized spacial score (nSPS) is 10.5. The van der Waals surface area contributed by atoms with Gasteiger partial charge in [-0.05, 0) is 17.7 Å². The first-order valence-corrected chi connectivity index (χ1v) is 8.19. The van der Waals surface area contributed by atoms with Crippen LogP contribution in [0.1, 0.15) is 5.56 Å². The van der Waals surface area contributed by atoms with E-state index in [9.17, 15) is 0 Å². The van der Waals surface area contributed by atoms with E-state index in [2.05, 4.69) is 30.2 Å². The van der Waals surface area contributed by atoms with E-state index in [1.54, 1.807) is 0 Å². The van der Waals surface area contributed by atoms with Crippen LogP contribution >= 0.6 is 0 Å². The SMILES string of the molecule is C[Si](C)c1ncccc1OCc1ccccc1. The zero-order valence-corrected chi connectivity index (χ0v) is 11.2. The van der Waals surface area contributed by atoms with Crippen molar-refractivity contribution in [1.29, 1.82) is 0 Å². The average molecular weight is 242 g/mol. The summed E-state index contributed by atoms with van der Waals surface area (Å²) in [6, 6.07) is 14.1. The van der Waals surface area contributed by atoms with Crippen LogP contribution in [0.2, 0.25) is 13.1 Å². The van der Waals surface area contributed by atoms with E-state index in [1.807, 2.05) is 36.5 Å². The summed E-state index contributed by atoms with van der Waals surface area (Å²) >= 11 is 0. The van der Waals surface area contributed by atoms with Crippen molar-refractivity contribution in [2.45, 2.75) is 19.7 Å². The summed E-state index contributed by atoms with van der Waals surface area (Å²) in [6.45, 7) is 5.05. The van der Waals surface area contributed by atoms with Gasteiger partial charge < -0.3 is 4.74 Å². The maximum atomic E-state index is 5.85. The number of aromatic nitrogens is 1. The third kappa shape index (κ3) is 3.17. The fourth-order valence-corrected chi connectivity index (χ4v) is 2.60. The molecule has 0 amide bonds. The second-order valence-corrected chi connectivity index (χ2v) is 6.60. The molecule has 17 heavy (non-hydrogen) atoms. The van der Waals surface area contributed by atoms with Gasteiger partial charge >= 0.3 is 0 Å². The predicted octanol–water partition coefficient (Wildman–Crippen LogP) is 2.62. The Labute approximate surface area is 104 Å². The highest BCUT2D eigenvalue weighted by molar-refractivity contribution is 6.70. The Kier molecular flexibility index (Phi) is 3.93. The molecule has 3 heteroatoms. The Balaban J connectivity index is 2.09. The Bertz CT molecular complexity index is 471. The van der Waals surface area contributed by atoms with Crippen molar-refractivity contribution in [3.8, 4) is 5.75 Å². The number of pyridine rings is 1. The summed E-state index contributed by atoms with van der Waals surface area (Å²) in [7, 11) is -0.581. The largest absolute Gasteiger partial charge is 0.487 e. The van der Waals surface area contributed by atoms with Crippen molar-refractivity contribution in [3.63, 3.8) is 0 Å². The molecule has 0 atom stereocenters. The van der Waals surface area contributed by atoms with Gasteiger partial charge in [0.05, 0.1) is 5.32 Å². The molecule has 2 rings (SSSR count). The summed E-state index contributed by atoms with van der Waals surface area (Å²) in [5.41, 5.74) is 1.18. The topological polar surface area (TPSA) is 22.1 Å². The highest BCUT2D eigenvalue weighted by atomic mass is 28.3. The van der Waals surface area contributed by atoms with Crippen LogP contribution in [0, 0.1) is 0 Å². The Morgan fingerprint density at radius 1 is 1.06 bits per heavy atom. The monoisotopic (exact) mass is 242 g/mol. The average Bonchev–Trinajstić information content (AvgIpc) is 2.38. The van der Waals surface area contributed by atoms with Crippen molar-refractivity contribution in [1.82, 2.24) is 4.98 Å². The molecule has 0 fully saturated rings. The van der Waals surface area contributed by atoms with E-state index in [0.29, 0.717) is 6.61 Å². The molecule has 2 nitrogen and oxygen atoms in total. The van der Waals surface area contributed by atoms with Gasteiger partial charge in [0.15, 0.2) is 0 Å². The van der Waals surface area contributed by atoms with Crippen LogP contribution in [0.4, 0.5) is 0 Å². The molecular weight excluding hydrogens is 226 g/mol. The van der Waals surface area contributed by atoms with Gasteiger partial charge in [0.1, 0.15) is 21.2 Å².